The molecule has 2 rings (SSSR count). The summed E-state index contributed by atoms with van der Waals surface area (Å²) < 4.78 is 0. The Labute approximate surface area is 87.1 Å². The standard InChI is InChI=1S/C10H13NO4/c12-7-5-8(13)11(6-7)10(9(14)15)3-1-2-4-10/h1-6H2,(H,14,15). The van der Waals surface area contributed by atoms with Gasteiger partial charge < -0.3 is 10.0 Å². The first-order valence-electron chi connectivity index (χ1n) is 5.12. The van der Waals surface area contributed by atoms with Crippen molar-refractivity contribution in [3.8, 4) is 0 Å². The lowest BCUT2D eigenvalue weighted by Crippen LogP contribution is -2.53. The quantitative estimate of drug-likeness (QED) is 0.661. The van der Waals surface area contributed by atoms with Gasteiger partial charge in [0.2, 0.25) is 5.91 Å². The van der Waals surface area contributed by atoms with E-state index in [-0.39, 0.29) is 24.7 Å². The van der Waals surface area contributed by atoms with Gasteiger partial charge in [0.25, 0.3) is 0 Å². The van der Waals surface area contributed by atoms with Crippen LogP contribution in [0.25, 0.3) is 0 Å². The Kier molecular flexibility index (Phi) is 2.25. The number of hydrogen-bond acceptors (Lipinski definition) is 3. The third-order valence-corrected chi connectivity index (χ3v) is 3.33. The van der Waals surface area contributed by atoms with E-state index in [1.165, 1.54) is 4.90 Å². The fourth-order valence-corrected chi connectivity index (χ4v) is 2.53. The summed E-state index contributed by atoms with van der Waals surface area (Å²) in [6.45, 7) is -0.0227. The average Bonchev–Trinajstić information content (AvgIpc) is 2.72. The monoisotopic (exact) mass is 211 g/mol. The Morgan fingerprint density at radius 1 is 1.27 bits per heavy atom. The summed E-state index contributed by atoms with van der Waals surface area (Å²) in [6, 6.07) is 0. The minimum Gasteiger partial charge on any atom is -0.479 e. The van der Waals surface area contributed by atoms with Gasteiger partial charge in [0.1, 0.15) is 5.54 Å². The molecule has 1 amide bonds. The molecule has 2 aliphatic rings. The number of carboxylic acid groups (broad SMARTS) is 1. The van der Waals surface area contributed by atoms with Crippen molar-refractivity contribution in [3.05, 3.63) is 0 Å². The summed E-state index contributed by atoms with van der Waals surface area (Å²) in [6.07, 6.45) is 2.44. The molecule has 15 heavy (non-hydrogen) atoms. The van der Waals surface area contributed by atoms with Crippen LogP contribution in [0.2, 0.25) is 0 Å². The van der Waals surface area contributed by atoms with Gasteiger partial charge in [-0.3, -0.25) is 9.59 Å². The third-order valence-electron chi connectivity index (χ3n) is 3.33. The summed E-state index contributed by atoms with van der Waals surface area (Å²) in [5, 5.41) is 9.22. The molecule has 1 heterocycles. The van der Waals surface area contributed by atoms with E-state index >= 15 is 0 Å². The Balaban J connectivity index is 2.29. The number of carboxylic acids is 1. The zero-order valence-electron chi connectivity index (χ0n) is 8.36. The predicted molar refractivity (Wildman–Crippen MR) is 50.2 cm³/mol. The van der Waals surface area contributed by atoms with Crippen LogP contribution >= 0.6 is 0 Å². The molecule has 5 heteroatoms. The minimum atomic E-state index is -1.09. The second kappa shape index (κ2) is 3.32. The van der Waals surface area contributed by atoms with Crippen molar-refractivity contribution in [2.45, 2.75) is 37.6 Å². The van der Waals surface area contributed by atoms with Crippen LogP contribution in [-0.4, -0.2) is 39.7 Å². The number of rotatable bonds is 2. The summed E-state index contributed by atoms with van der Waals surface area (Å²) in [5.41, 5.74) is -1.09. The minimum absolute atomic E-state index is 0.0227. The van der Waals surface area contributed by atoms with Crippen LogP contribution in [0.3, 0.4) is 0 Å². The molecule has 0 aromatic heterocycles. The second-order valence-electron chi connectivity index (χ2n) is 4.24. The first-order chi connectivity index (χ1) is 7.06. The number of Topliss-reactive ketones (excluding diaryl/α,β-unsaturated/α-hetero) is 1. The van der Waals surface area contributed by atoms with E-state index in [0.29, 0.717) is 12.8 Å². The SMILES string of the molecule is O=C1CC(=O)N(C2(C(=O)O)CCCC2)C1. The van der Waals surface area contributed by atoms with Crippen LogP contribution in [0.1, 0.15) is 32.1 Å². The molecule has 0 bridgehead atoms. The molecule has 1 aliphatic carbocycles. The first kappa shape index (κ1) is 10.1. The topological polar surface area (TPSA) is 74.7 Å². The van der Waals surface area contributed by atoms with Crippen LogP contribution in [0.15, 0.2) is 0 Å². The van der Waals surface area contributed by atoms with Gasteiger partial charge in [0.05, 0.1) is 13.0 Å². The highest BCUT2D eigenvalue weighted by Crippen LogP contribution is 2.37. The highest BCUT2D eigenvalue weighted by molar-refractivity contribution is 6.07. The van der Waals surface area contributed by atoms with Gasteiger partial charge >= 0.3 is 5.97 Å². The largest absolute Gasteiger partial charge is 0.479 e. The lowest BCUT2D eigenvalue weighted by molar-refractivity contribution is -0.156. The van der Waals surface area contributed by atoms with Gasteiger partial charge in [-0.25, -0.2) is 4.79 Å². The van der Waals surface area contributed by atoms with E-state index in [1.807, 2.05) is 0 Å². The number of ketones is 1. The molecule has 1 N–H and O–H groups in total. The molecule has 0 aromatic carbocycles. The maximum Gasteiger partial charge on any atom is 0.329 e. The van der Waals surface area contributed by atoms with E-state index in [1.54, 1.807) is 0 Å². The smallest absolute Gasteiger partial charge is 0.329 e. The molecule has 1 saturated heterocycles. The van der Waals surface area contributed by atoms with Crippen LogP contribution in [-0.2, 0) is 14.4 Å². The number of carbonyl (C=O) groups is 3. The average molecular weight is 211 g/mol. The highest BCUT2D eigenvalue weighted by Gasteiger charge is 2.51. The first-order valence-corrected chi connectivity index (χ1v) is 5.12. The molecule has 0 spiro atoms. The molecule has 82 valence electrons. The van der Waals surface area contributed by atoms with E-state index < -0.39 is 11.5 Å². The number of aliphatic carboxylic acids is 1. The molecule has 1 aliphatic heterocycles. The number of hydrogen-bond donors (Lipinski definition) is 1. The summed E-state index contributed by atoms with van der Waals surface area (Å²) in [4.78, 5) is 35.2. The van der Waals surface area contributed by atoms with Crippen LogP contribution in [0.4, 0.5) is 0 Å². The predicted octanol–water partition coefficient (Wildman–Crippen LogP) is 0.185. The normalized spacial score (nSPS) is 24.9. The number of likely N-dealkylation sites (tertiary alicyclic amines) is 1. The van der Waals surface area contributed by atoms with Crippen molar-refractivity contribution in [2.75, 3.05) is 6.54 Å². The molecular formula is C10H13NO4. The Morgan fingerprint density at radius 2 is 1.87 bits per heavy atom. The number of nitrogens with zero attached hydrogens (tertiary/aromatic N) is 1. The maximum atomic E-state index is 11.5. The van der Waals surface area contributed by atoms with E-state index in [9.17, 15) is 19.5 Å². The zero-order chi connectivity index (χ0) is 11.1. The van der Waals surface area contributed by atoms with Crippen molar-refractivity contribution in [2.24, 2.45) is 0 Å². The van der Waals surface area contributed by atoms with Gasteiger partial charge in [-0.05, 0) is 12.8 Å². The zero-order valence-corrected chi connectivity index (χ0v) is 8.36. The van der Waals surface area contributed by atoms with Gasteiger partial charge in [-0.2, -0.15) is 0 Å². The maximum absolute atomic E-state index is 11.5. The second-order valence-corrected chi connectivity index (χ2v) is 4.24. The van der Waals surface area contributed by atoms with Gasteiger partial charge in [-0.15, -0.1) is 0 Å². The molecule has 0 aromatic rings. The molecule has 2 fully saturated rings. The molecule has 0 radical (unpaired) electrons. The van der Waals surface area contributed by atoms with Crippen LogP contribution in [0, 0.1) is 0 Å². The number of carbonyl (C=O) groups excluding carboxylic acids is 2. The molecule has 0 unspecified atom stereocenters. The van der Waals surface area contributed by atoms with Crippen LogP contribution < -0.4 is 0 Å². The molecule has 5 nitrogen and oxygen atoms in total. The molecule has 1 saturated carbocycles. The Bertz CT molecular complexity index is 330. The van der Waals surface area contributed by atoms with Gasteiger partial charge in [0.15, 0.2) is 5.78 Å². The summed E-state index contributed by atoms with van der Waals surface area (Å²) in [5.74, 6) is -1.47. The highest BCUT2D eigenvalue weighted by atomic mass is 16.4. The Hall–Kier alpha value is -1.39. The molecular weight excluding hydrogens is 198 g/mol. The van der Waals surface area contributed by atoms with Gasteiger partial charge in [-0.1, -0.05) is 12.8 Å². The lowest BCUT2D eigenvalue weighted by atomic mass is 9.95. The van der Waals surface area contributed by atoms with Crippen molar-refractivity contribution in [3.63, 3.8) is 0 Å². The summed E-state index contributed by atoms with van der Waals surface area (Å²) >= 11 is 0. The lowest BCUT2D eigenvalue weighted by Gasteiger charge is -2.33. The van der Waals surface area contributed by atoms with Gasteiger partial charge in [0, 0.05) is 0 Å². The van der Waals surface area contributed by atoms with Crippen molar-refractivity contribution in [1.29, 1.82) is 0 Å². The Morgan fingerprint density at radius 3 is 2.27 bits per heavy atom. The van der Waals surface area contributed by atoms with E-state index in [2.05, 4.69) is 0 Å². The van der Waals surface area contributed by atoms with E-state index in [0.717, 1.165) is 12.8 Å². The van der Waals surface area contributed by atoms with Crippen LogP contribution in [0.5, 0.6) is 0 Å². The van der Waals surface area contributed by atoms with E-state index in [4.69, 9.17) is 0 Å². The van der Waals surface area contributed by atoms with Crippen molar-refractivity contribution < 1.29 is 19.5 Å². The van der Waals surface area contributed by atoms with Crippen molar-refractivity contribution >= 4 is 17.7 Å². The molecule has 0 atom stereocenters. The summed E-state index contributed by atoms with van der Waals surface area (Å²) in [7, 11) is 0. The third kappa shape index (κ3) is 1.42. The van der Waals surface area contributed by atoms with Crippen molar-refractivity contribution in [1.82, 2.24) is 4.90 Å². The fourth-order valence-electron chi connectivity index (χ4n) is 2.53. The number of amides is 1. The fraction of sp³-hybridized carbons (Fsp3) is 0.700.